The molecule has 2 heterocycles. The third kappa shape index (κ3) is 2.99. The standard InChI is InChI=1S/C15H19N3O2/c19-14-9-11-8-12(4-5-13(11)17-14)16-15(20)10-18-6-2-1-3-7-18/h4-5,8H,1-3,6-7,9-10H2,(H,16,20)(H,17,19). The molecule has 5 heteroatoms. The second kappa shape index (κ2) is 5.63. The number of anilines is 2. The molecular formula is C15H19N3O2. The van der Waals surface area contributed by atoms with E-state index in [9.17, 15) is 9.59 Å². The Balaban J connectivity index is 1.59. The number of piperidine rings is 1. The Morgan fingerprint density at radius 1 is 1.25 bits per heavy atom. The first-order valence-electron chi connectivity index (χ1n) is 7.16. The van der Waals surface area contributed by atoms with Crippen LogP contribution in [-0.2, 0) is 16.0 Å². The minimum Gasteiger partial charge on any atom is -0.326 e. The summed E-state index contributed by atoms with van der Waals surface area (Å²) in [7, 11) is 0. The van der Waals surface area contributed by atoms with Gasteiger partial charge in [0.25, 0.3) is 0 Å². The minimum atomic E-state index is 0.0109. The summed E-state index contributed by atoms with van der Waals surface area (Å²) >= 11 is 0. The molecule has 2 aliphatic rings. The van der Waals surface area contributed by atoms with E-state index in [1.165, 1.54) is 19.3 Å². The van der Waals surface area contributed by atoms with E-state index in [-0.39, 0.29) is 11.8 Å². The van der Waals surface area contributed by atoms with Crippen LogP contribution in [0.4, 0.5) is 11.4 Å². The molecule has 5 nitrogen and oxygen atoms in total. The van der Waals surface area contributed by atoms with Crippen molar-refractivity contribution in [3.8, 4) is 0 Å². The first-order valence-corrected chi connectivity index (χ1v) is 7.16. The van der Waals surface area contributed by atoms with Gasteiger partial charge in [0.1, 0.15) is 0 Å². The highest BCUT2D eigenvalue weighted by atomic mass is 16.2. The number of carbonyl (C=O) groups excluding carboxylic acids is 2. The zero-order valence-electron chi connectivity index (χ0n) is 11.4. The van der Waals surface area contributed by atoms with Crippen LogP contribution in [0.25, 0.3) is 0 Å². The molecule has 0 atom stereocenters. The molecule has 1 aromatic carbocycles. The summed E-state index contributed by atoms with van der Waals surface area (Å²) in [5.41, 5.74) is 2.57. The maximum absolute atomic E-state index is 12.0. The van der Waals surface area contributed by atoms with E-state index in [0.717, 1.165) is 30.0 Å². The Labute approximate surface area is 118 Å². The molecule has 0 spiro atoms. The molecule has 2 amide bonds. The van der Waals surface area contributed by atoms with Gasteiger partial charge in [-0.25, -0.2) is 0 Å². The van der Waals surface area contributed by atoms with Gasteiger partial charge in [0.15, 0.2) is 0 Å². The molecule has 106 valence electrons. The highest BCUT2D eigenvalue weighted by Crippen LogP contribution is 2.25. The molecule has 1 saturated heterocycles. The number of likely N-dealkylation sites (tertiary alicyclic amines) is 1. The summed E-state index contributed by atoms with van der Waals surface area (Å²) < 4.78 is 0. The lowest BCUT2D eigenvalue weighted by Gasteiger charge is -2.25. The fourth-order valence-electron chi connectivity index (χ4n) is 2.83. The van der Waals surface area contributed by atoms with Crippen LogP contribution in [0.15, 0.2) is 18.2 Å². The highest BCUT2D eigenvalue weighted by Gasteiger charge is 2.18. The zero-order chi connectivity index (χ0) is 13.9. The maximum Gasteiger partial charge on any atom is 0.238 e. The zero-order valence-corrected chi connectivity index (χ0v) is 11.4. The van der Waals surface area contributed by atoms with Gasteiger partial charge in [-0.15, -0.1) is 0 Å². The summed E-state index contributed by atoms with van der Waals surface area (Å²) in [6.07, 6.45) is 4.02. The predicted molar refractivity (Wildman–Crippen MR) is 77.7 cm³/mol. The molecular weight excluding hydrogens is 254 g/mol. The summed E-state index contributed by atoms with van der Waals surface area (Å²) in [5.74, 6) is 0.0286. The van der Waals surface area contributed by atoms with Crippen LogP contribution in [0.2, 0.25) is 0 Å². The smallest absolute Gasteiger partial charge is 0.238 e. The lowest BCUT2D eigenvalue weighted by molar-refractivity contribution is -0.117. The number of rotatable bonds is 3. The minimum absolute atomic E-state index is 0.0109. The summed E-state index contributed by atoms with van der Waals surface area (Å²) in [5, 5.41) is 5.70. The van der Waals surface area contributed by atoms with Crippen molar-refractivity contribution in [1.29, 1.82) is 0 Å². The van der Waals surface area contributed by atoms with Crippen molar-refractivity contribution in [2.75, 3.05) is 30.3 Å². The summed E-state index contributed by atoms with van der Waals surface area (Å²) in [4.78, 5) is 25.5. The van der Waals surface area contributed by atoms with Crippen LogP contribution < -0.4 is 10.6 Å². The van der Waals surface area contributed by atoms with Crippen molar-refractivity contribution in [3.63, 3.8) is 0 Å². The number of amides is 2. The fourth-order valence-corrected chi connectivity index (χ4v) is 2.83. The molecule has 1 fully saturated rings. The summed E-state index contributed by atoms with van der Waals surface area (Å²) in [6.45, 7) is 2.47. The quantitative estimate of drug-likeness (QED) is 0.879. The van der Waals surface area contributed by atoms with Gasteiger partial charge in [-0.2, -0.15) is 0 Å². The molecule has 0 aliphatic carbocycles. The number of fused-ring (bicyclic) bond motifs is 1. The number of hydrogen-bond donors (Lipinski definition) is 2. The van der Waals surface area contributed by atoms with Crippen molar-refractivity contribution in [1.82, 2.24) is 4.90 Å². The van der Waals surface area contributed by atoms with Crippen molar-refractivity contribution >= 4 is 23.2 Å². The monoisotopic (exact) mass is 273 g/mol. The van der Waals surface area contributed by atoms with Crippen molar-refractivity contribution in [3.05, 3.63) is 23.8 Å². The molecule has 0 aromatic heterocycles. The van der Waals surface area contributed by atoms with E-state index in [1.54, 1.807) is 0 Å². The van der Waals surface area contributed by atoms with Gasteiger partial charge in [0, 0.05) is 11.4 Å². The van der Waals surface area contributed by atoms with Crippen LogP contribution in [0.5, 0.6) is 0 Å². The molecule has 3 rings (SSSR count). The fraction of sp³-hybridized carbons (Fsp3) is 0.467. The Morgan fingerprint density at radius 3 is 2.85 bits per heavy atom. The van der Waals surface area contributed by atoms with Gasteiger partial charge in [-0.05, 0) is 49.7 Å². The molecule has 2 N–H and O–H groups in total. The second-order valence-corrected chi connectivity index (χ2v) is 5.48. The van der Waals surface area contributed by atoms with E-state index in [1.807, 2.05) is 18.2 Å². The second-order valence-electron chi connectivity index (χ2n) is 5.48. The van der Waals surface area contributed by atoms with E-state index < -0.39 is 0 Å². The number of nitrogens with zero attached hydrogens (tertiary/aromatic N) is 1. The maximum atomic E-state index is 12.0. The van der Waals surface area contributed by atoms with Crippen molar-refractivity contribution in [2.24, 2.45) is 0 Å². The molecule has 0 saturated carbocycles. The third-order valence-corrected chi connectivity index (χ3v) is 3.83. The van der Waals surface area contributed by atoms with Crippen LogP contribution >= 0.6 is 0 Å². The Morgan fingerprint density at radius 2 is 2.05 bits per heavy atom. The van der Waals surface area contributed by atoms with E-state index >= 15 is 0 Å². The van der Waals surface area contributed by atoms with Gasteiger partial charge >= 0.3 is 0 Å². The first kappa shape index (κ1) is 13.1. The summed E-state index contributed by atoms with van der Waals surface area (Å²) in [6, 6.07) is 5.55. The lowest BCUT2D eigenvalue weighted by Crippen LogP contribution is -2.36. The topological polar surface area (TPSA) is 61.4 Å². The van der Waals surface area contributed by atoms with E-state index in [0.29, 0.717) is 13.0 Å². The van der Waals surface area contributed by atoms with Crippen LogP contribution in [0.1, 0.15) is 24.8 Å². The molecule has 0 bridgehead atoms. The van der Waals surface area contributed by atoms with Gasteiger partial charge in [-0.3, -0.25) is 14.5 Å². The van der Waals surface area contributed by atoms with E-state index in [2.05, 4.69) is 15.5 Å². The molecule has 1 aromatic rings. The first-order chi connectivity index (χ1) is 9.70. The third-order valence-electron chi connectivity index (χ3n) is 3.83. The average Bonchev–Trinajstić information content (AvgIpc) is 2.79. The van der Waals surface area contributed by atoms with Gasteiger partial charge in [0.05, 0.1) is 13.0 Å². The molecule has 2 aliphatic heterocycles. The predicted octanol–water partition coefficient (Wildman–Crippen LogP) is 1.61. The molecule has 20 heavy (non-hydrogen) atoms. The number of nitrogens with one attached hydrogen (secondary N) is 2. The van der Waals surface area contributed by atoms with Crippen LogP contribution in [-0.4, -0.2) is 36.3 Å². The van der Waals surface area contributed by atoms with Gasteiger partial charge < -0.3 is 10.6 Å². The van der Waals surface area contributed by atoms with Crippen molar-refractivity contribution < 1.29 is 9.59 Å². The molecule has 0 radical (unpaired) electrons. The molecule has 0 unspecified atom stereocenters. The van der Waals surface area contributed by atoms with Crippen LogP contribution in [0.3, 0.4) is 0 Å². The normalized spacial score (nSPS) is 18.5. The Hall–Kier alpha value is -1.88. The number of hydrogen-bond acceptors (Lipinski definition) is 3. The average molecular weight is 273 g/mol. The number of carbonyl (C=O) groups is 2. The van der Waals surface area contributed by atoms with Gasteiger partial charge in [-0.1, -0.05) is 6.42 Å². The number of benzene rings is 1. The Bertz CT molecular complexity index is 536. The largest absolute Gasteiger partial charge is 0.326 e. The Kier molecular flexibility index (Phi) is 3.69. The van der Waals surface area contributed by atoms with Crippen LogP contribution in [0, 0.1) is 0 Å². The van der Waals surface area contributed by atoms with Gasteiger partial charge in [0.2, 0.25) is 11.8 Å². The highest BCUT2D eigenvalue weighted by molar-refractivity contribution is 6.00. The van der Waals surface area contributed by atoms with E-state index in [4.69, 9.17) is 0 Å². The lowest BCUT2D eigenvalue weighted by atomic mass is 10.1. The SMILES string of the molecule is O=C(CN1CCCCC1)Nc1ccc2c(c1)CC(=O)N2. The van der Waals surface area contributed by atoms with Crippen molar-refractivity contribution in [2.45, 2.75) is 25.7 Å².